The summed E-state index contributed by atoms with van der Waals surface area (Å²) in [5.74, 6) is -3.54. The minimum atomic E-state index is -1.69. The highest BCUT2D eigenvalue weighted by Gasteiger charge is 2.38. The van der Waals surface area contributed by atoms with Gasteiger partial charge >= 0.3 is 0 Å². The lowest BCUT2D eigenvalue weighted by molar-refractivity contribution is -0.171. The van der Waals surface area contributed by atoms with E-state index in [0.717, 1.165) is 0 Å². The minimum Gasteiger partial charge on any atom is -0.394 e. The molecule has 0 fully saturated rings. The van der Waals surface area contributed by atoms with Crippen LogP contribution >= 0.6 is 136 Å². The highest BCUT2D eigenvalue weighted by atomic mass is 127. The van der Waals surface area contributed by atoms with Crippen molar-refractivity contribution in [2.45, 2.75) is 24.4 Å². The Morgan fingerprint density at radius 2 is 0.868 bits per heavy atom. The van der Waals surface area contributed by atoms with Gasteiger partial charge in [-0.25, -0.2) is 10.0 Å². The Morgan fingerprint density at radius 1 is 0.566 bits per heavy atom. The quantitative estimate of drug-likeness (QED) is 0.0463. The molecule has 53 heavy (non-hydrogen) atoms. The number of hydrogen-bond donors (Lipinski definition) is 10. The van der Waals surface area contributed by atoms with Crippen LogP contribution in [-0.2, 0) is 4.79 Å². The van der Waals surface area contributed by atoms with Crippen LogP contribution in [0.3, 0.4) is 0 Å². The highest BCUT2D eigenvalue weighted by Crippen LogP contribution is 2.32. The van der Waals surface area contributed by atoms with Gasteiger partial charge in [0.15, 0.2) is 0 Å². The van der Waals surface area contributed by atoms with Crippen LogP contribution in [0, 0.1) is 21.4 Å². The number of aliphatic hydroxyl groups is 8. The van der Waals surface area contributed by atoms with Gasteiger partial charge in [-0.1, -0.05) is 0 Å². The normalized spacial score (nSPS) is 13.4. The van der Waals surface area contributed by atoms with Crippen LogP contribution < -0.4 is 10.6 Å². The Morgan fingerprint density at radius 3 is 1.15 bits per heavy atom. The molecule has 4 unspecified atom stereocenters. The van der Waals surface area contributed by atoms with Gasteiger partial charge in [0.1, 0.15) is 0 Å². The van der Waals surface area contributed by atoms with E-state index in [0.29, 0.717) is 22.3 Å². The van der Waals surface area contributed by atoms with Crippen LogP contribution in [-0.4, -0.2) is 163 Å². The number of benzene rings is 2. The van der Waals surface area contributed by atoms with Crippen molar-refractivity contribution in [3.05, 3.63) is 55.8 Å². The Bertz CT molecular complexity index is 1560. The average Bonchev–Trinajstić information content (AvgIpc) is 3.10. The summed E-state index contributed by atoms with van der Waals surface area (Å²) in [6.07, 6.45) is -5.89. The number of carbonyl (C=O) groups is 5. The topological polar surface area (TPSA) is 281 Å². The van der Waals surface area contributed by atoms with E-state index >= 15 is 0 Å². The second kappa shape index (κ2) is 23.3. The summed E-state index contributed by atoms with van der Waals surface area (Å²) >= 11 is 10.8. The first-order valence-electron chi connectivity index (χ1n) is 14.8. The predicted octanol–water partition coefficient (Wildman–Crippen LogP) is -0.940. The summed E-state index contributed by atoms with van der Waals surface area (Å²) < 4.78 is 1.42. The second-order valence-electron chi connectivity index (χ2n) is 10.8. The molecule has 0 aliphatic rings. The summed E-state index contributed by atoms with van der Waals surface area (Å²) in [6, 6.07) is 2.95. The lowest BCUT2D eigenvalue weighted by atomic mass is 10.1. The molecule has 294 valence electrons. The molecular formula is C29H33I6N5O13. The van der Waals surface area contributed by atoms with E-state index in [1.165, 1.54) is 12.1 Å². The summed E-state index contributed by atoms with van der Waals surface area (Å²) in [4.78, 5) is 68.4. The molecule has 4 atom stereocenters. The van der Waals surface area contributed by atoms with Crippen LogP contribution in [0.15, 0.2) is 12.1 Å². The number of halogens is 6. The fraction of sp³-hybridized carbons (Fsp3) is 0.414. The van der Waals surface area contributed by atoms with Crippen LogP contribution in [0.25, 0.3) is 0 Å². The lowest BCUT2D eigenvalue weighted by Crippen LogP contribution is -2.60. The van der Waals surface area contributed by atoms with Crippen molar-refractivity contribution < 1.29 is 64.8 Å². The summed E-state index contributed by atoms with van der Waals surface area (Å²) in [5.41, 5.74) is -0.364. The third-order valence-corrected chi connectivity index (χ3v) is 12.4. The van der Waals surface area contributed by atoms with Gasteiger partial charge in [-0.3, -0.25) is 24.0 Å². The maximum atomic E-state index is 14.5. The average molecular weight is 1420 g/mol. The molecule has 10 N–H and O–H groups in total. The van der Waals surface area contributed by atoms with Crippen LogP contribution in [0.1, 0.15) is 41.4 Å². The Kier molecular flexibility index (Phi) is 21.5. The number of hydrogen-bond acceptors (Lipinski definition) is 13. The van der Waals surface area contributed by atoms with Gasteiger partial charge in [-0.15, -0.1) is 0 Å². The molecule has 0 saturated heterocycles. The van der Waals surface area contributed by atoms with Gasteiger partial charge < -0.3 is 51.5 Å². The first-order valence-corrected chi connectivity index (χ1v) is 21.3. The molecule has 0 spiro atoms. The van der Waals surface area contributed by atoms with Crippen molar-refractivity contribution in [1.82, 2.24) is 25.8 Å². The SMILES string of the molecule is O=CN(N(CC(O)CO)C(=O)c1c(I)cc(I)c(C(=O)NCC(O)CO)c1I)N(CC(O)CO)C(=O)c1c(I)cc(I)c(C(=O)NCC(O)CO)c1I. The number of aliphatic hydroxyl groups excluding tert-OH is 8. The first-order chi connectivity index (χ1) is 24.9. The fourth-order valence-corrected chi connectivity index (χ4v) is 12.9. The maximum absolute atomic E-state index is 14.5. The predicted molar refractivity (Wildman–Crippen MR) is 236 cm³/mol. The molecule has 0 saturated carbocycles. The van der Waals surface area contributed by atoms with Crippen LogP contribution in [0.5, 0.6) is 0 Å². The number of hydrazine groups is 2. The highest BCUT2D eigenvalue weighted by molar-refractivity contribution is 14.1. The molecule has 2 aromatic carbocycles. The summed E-state index contributed by atoms with van der Waals surface area (Å²) in [5, 5.41) is 84.9. The minimum absolute atomic E-state index is 0.00985. The molecule has 0 aliphatic carbocycles. The van der Waals surface area contributed by atoms with Crippen LogP contribution in [0.2, 0.25) is 0 Å². The van der Waals surface area contributed by atoms with Crippen molar-refractivity contribution in [3.8, 4) is 0 Å². The molecule has 0 aliphatic heterocycles. The number of carbonyl (C=O) groups excluding carboxylic acids is 5. The summed E-state index contributed by atoms with van der Waals surface area (Å²) in [7, 11) is 0. The van der Waals surface area contributed by atoms with E-state index < -0.39 is 87.6 Å². The zero-order chi connectivity index (χ0) is 40.3. The molecule has 0 aromatic heterocycles. The van der Waals surface area contributed by atoms with E-state index in [-0.39, 0.29) is 56.0 Å². The van der Waals surface area contributed by atoms with Gasteiger partial charge in [-0.05, 0) is 148 Å². The van der Waals surface area contributed by atoms with E-state index in [4.69, 9.17) is 10.2 Å². The van der Waals surface area contributed by atoms with Crippen molar-refractivity contribution in [2.24, 2.45) is 0 Å². The number of rotatable bonds is 19. The molecule has 5 amide bonds. The third-order valence-electron chi connectivity index (χ3n) is 6.89. The standard InChI is InChI=1S/C29H33I6N5O13/c30-16-1-18(32)22(24(34)20(16)26(50)36-3-12(46)7-41)28(52)38(5-14(48)9-43)40(11-45)39(6-15(49)10-44)29(53)23-19(33)2-17(31)21(25(23)35)27(51)37-4-13(47)8-42/h1-2,11-15,41-44,46-49H,3-10H2,(H,36,50)(H,37,51). The van der Waals surface area contributed by atoms with Gasteiger partial charge in [0.25, 0.3) is 23.6 Å². The maximum Gasteiger partial charge on any atom is 0.276 e. The van der Waals surface area contributed by atoms with Crippen molar-refractivity contribution in [3.63, 3.8) is 0 Å². The summed E-state index contributed by atoms with van der Waals surface area (Å²) in [6.45, 7) is -5.31. The van der Waals surface area contributed by atoms with Crippen LogP contribution in [0.4, 0.5) is 0 Å². The molecule has 0 bridgehead atoms. The largest absolute Gasteiger partial charge is 0.394 e. The number of amides is 5. The molecule has 2 aromatic rings. The van der Waals surface area contributed by atoms with Gasteiger partial charge in [0.05, 0.1) is 86.2 Å². The number of nitrogens with zero attached hydrogens (tertiary/aromatic N) is 3. The fourth-order valence-electron chi connectivity index (χ4n) is 4.25. The first kappa shape index (κ1) is 49.0. The molecule has 24 heteroatoms. The molecular weight excluding hydrogens is 1390 g/mol. The molecule has 2 rings (SSSR count). The zero-order valence-corrected chi connectivity index (χ0v) is 39.9. The molecule has 0 radical (unpaired) electrons. The zero-order valence-electron chi connectivity index (χ0n) is 26.9. The Balaban J connectivity index is 2.82. The van der Waals surface area contributed by atoms with Gasteiger partial charge in [0.2, 0.25) is 6.41 Å². The molecule has 0 heterocycles. The van der Waals surface area contributed by atoms with Gasteiger partial charge in [0, 0.05) is 34.5 Å². The van der Waals surface area contributed by atoms with Gasteiger partial charge in [-0.2, -0.15) is 5.12 Å². The smallest absolute Gasteiger partial charge is 0.276 e. The van der Waals surface area contributed by atoms with E-state index in [1.54, 1.807) is 45.2 Å². The Hall–Kier alpha value is -0.150. The number of nitrogens with one attached hydrogen (secondary N) is 2. The van der Waals surface area contributed by atoms with Crippen molar-refractivity contribution in [2.75, 3.05) is 52.6 Å². The monoisotopic (exact) mass is 1420 g/mol. The second-order valence-corrected chi connectivity index (χ2v) is 17.6. The van der Waals surface area contributed by atoms with Crippen molar-refractivity contribution >= 4 is 166 Å². The van der Waals surface area contributed by atoms with E-state index in [2.05, 4.69) is 10.6 Å². The lowest BCUT2D eigenvalue weighted by Gasteiger charge is -2.41. The molecule has 18 nitrogen and oxygen atoms in total. The van der Waals surface area contributed by atoms with E-state index in [1.807, 2.05) is 90.4 Å². The van der Waals surface area contributed by atoms with E-state index in [9.17, 15) is 54.6 Å². The third kappa shape index (κ3) is 12.9. The van der Waals surface area contributed by atoms with Crippen molar-refractivity contribution in [1.29, 1.82) is 0 Å². The Labute approximate surface area is 384 Å².